The predicted molar refractivity (Wildman–Crippen MR) is 127 cm³/mol. The van der Waals surface area contributed by atoms with E-state index in [1.165, 1.54) is 0 Å². The predicted octanol–water partition coefficient (Wildman–Crippen LogP) is 4.73. The third-order valence-corrected chi connectivity index (χ3v) is 5.24. The van der Waals surface area contributed by atoms with Crippen LogP contribution in [0.3, 0.4) is 0 Å². The van der Waals surface area contributed by atoms with Crippen LogP contribution in [0.15, 0.2) is 59.1 Å². The molecule has 8 nitrogen and oxygen atoms in total. The van der Waals surface area contributed by atoms with E-state index in [0.717, 1.165) is 21.9 Å². The van der Waals surface area contributed by atoms with Crippen LogP contribution in [-0.4, -0.2) is 45.8 Å². The van der Waals surface area contributed by atoms with Crippen LogP contribution in [-0.2, 0) is 11.3 Å². The monoisotopic (exact) mass is 456 g/mol. The van der Waals surface area contributed by atoms with Gasteiger partial charge in [0.05, 0.1) is 18.2 Å². The first kappa shape index (κ1) is 23.0. The lowest BCUT2D eigenvalue weighted by Crippen LogP contribution is -2.25. The molecule has 0 aliphatic heterocycles. The molecule has 172 valence electrons. The molecule has 0 saturated heterocycles. The van der Waals surface area contributed by atoms with Crippen LogP contribution in [0.2, 0.25) is 0 Å². The first-order valence-electron chi connectivity index (χ1n) is 10.8. The molecule has 8 heteroatoms. The number of ether oxygens (including phenoxy) is 1. The summed E-state index contributed by atoms with van der Waals surface area (Å²) >= 11 is 0. The lowest BCUT2D eigenvalue weighted by atomic mass is 9.99. The van der Waals surface area contributed by atoms with Crippen molar-refractivity contribution in [1.82, 2.24) is 15.0 Å². The standard InChI is InChI=1S/C26H24N4O4/c1-16(2)33-23-11-9-17(12-19(23)13-27)26-28-25(29-34-26)22-10-8-18(14-30(3)15-24(31)32)20-6-4-5-7-21(20)22/h4-12,16H,14-15H2,1-3H3,(H,31,32). The zero-order valence-corrected chi connectivity index (χ0v) is 19.1. The number of carbonyl (C=O) groups is 1. The highest BCUT2D eigenvalue weighted by atomic mass is 16.5. The molecule has 0 radical (unpaired) electrons. The lowest BCUT2D eigenvalue weighted by Gasteiger charge is -2.16. The van der Waals surface area contributed by atoms with E-state index in [1.54, 1.807) is 30.1 Å². The molecule has 4 aromatic rings. The molecule has 1 aromatic heterocycles. The number of aromatic nitrogens is 2. The quantitative estimate of drug-likeness (QED) is 0.405. The van der Waals surface area contributed by atoms with Crippen LogP contribution in [0.25, 0.3) is 33.6 Å². The maximum absolute atomic E-state index is 11.0. The van der Waals surface area contributed by atoms with Crippen LogP contribution in [0, 0.1) is 11.3 Å². The highest BCUT2D eigenvalue weighted by Crippen LogP contribution is 2.32. The van der Waals surface area contributed by atoms with Crippen molar-refractivity contribution in [2.45, 2.75) is 26.5 Å². The summed E-state index contributed by atoms with van der Waals surface area (Å²) in [7, 11) is 1.77. The second kappa shape index (κ2) is 9.73. The number of benzene rings is 3. The summed E-state index contributed by atoms with van der Waals surface area (Å²) < 4.78 is 11.2. The first-order chi connectivity index (χ1) is 16.4. The first-order valence-corrected chi connectivity index (χ1v) is 10.8. The normalized spacial score (nSPS) is 11.2. The van der Waals surface area contributed by atoms with E-state index in [0.29, 0.717) is 35.1 Å². The van der Waals surface area contributed by atoms with E-state index < -0.39 is 5.97 Å². The van der Waals surface area contributed by atoms with Crippen molar-refractivity contribution in [3.05, 3.63) is 65.7 Å². The molecule has 3 aromatic carbocycles. The van der Waals surface area contributed by atoms with Crippen LogP contribution in [0.4, 0.5) is 0 Å². The van der Waals surface area contributed by atoms with E-state index >= 15 is 0 Å². The Morgan fingerprint density at radius 3 is 2.65 bits per heavy atom. The van der Waals surface area contributed by atoms with Crippen molar-refractivity contribution in [3.63, 3.8) is 0 Å². The van der Waals surface area contributed by atoms with Gasteiger partial charge in [0.2, 0.25) is 5.82 Å². The second-order valence-electron chi connectivity index (χ2n) is 8.30. The van der Waals surface area contributed by atoms with Crippen molar-refractivity contribution in [2.24, 2.45) is 0 Å². The van der Waals surface area contributed by atoms with Gasteiger partial charge in [-0.1, -0.05) is 41.6 Å². The van der Waals surface area contributed by atoms with Gasteiger partial charge in [-0.15, -0.1) is 0 Å². The van der Waals surface area contributed by atoms with Crippen LogP contribution in [0.1, 0.15) is 25.0 Å². The molecule has 0 fully saturated rings. The van der Waals surface area contributed by atoms with Gasteiger partial charge >= 0.3 is 5.97 Å². The summed E-state index contributed by atoms with van der Waals surface area (Å²) in [5.41, 5.74) is 2.83. The minimum Gasteiger partial charge on any atom is -0.490 e. The second-order valence-corrected chi connectivity index (χ2v) is 8.30. The number of carboxylic acid groups (broad SMARTS) is 1. The Morgan fingerprint density at radius 2 is 1.94 bits per heavy atom. The minimum atomic E-state index is -0.869. The van der Waals surface area contributed by atoms with Gasteiger partial charge in [-0.05, 0) is 55.4 Å². The topological polar surface area (TPSA) is 112 Å². The smallest absolute Gasteiger partial charge is 0.317 e. The van der Waals surface area contributed by atoms with Crippen LogP contribution >= 0.6 is 0 Å². The van der Waals surface area contributed by atoms with Gasteiger partial charge in [0.25, 0.3) is 5.89 Å². The molecule has 34 heavy (non-hydrogen) atoms. The van der Waals surface area contributed by atoms with Crippen molar-refractivity contribution in [2.75, 3.05) is 13.6 Å². The summed E-state index contributed by atoms with van der Waals surface area (Å²) in [6.45, 7) is 4.25. The number of rotatable bonds is 8. The number of nitrogens with zero attached hydrogens (tertiary/aromatic N) is 4. The van der Waals surface area contributed by atoms with Crippen molar-refractivity contribution >= 4 is 16.7 Å². The van der Waals surface area contributed by atoms with Crippen LogP contribution < -0.4 is 4.74 Å². The molecular weight excluding hydrogens is 432 g/mol. The lowest BCUT2D eigenvalue weighted by molar-refractivity contribution is -0.138. The molecule has 0 spiro atoms. The number of carboxylic acids is 1. The van der Waals surface area contributed by atoms with Crippen LogP contribution in [0.5, 0.6) is 5.75 Å². The summed E-state index contributed by atoms with van der Waals surface area (Å²) in [6.07, 6.45) is -0.0480. The molecule has 4 rings (SSSR count). The minimum absolute atomic E-state index is 0.0457. The Hall–Kier alpha value is -4.22. The average molecular weight is 457 g/mol. The van der Waals surface area contributed by atoms with Gasteiger partial charge < -0.3 is 14.4 Å². The number of hydrogen-bond acceptors (Lipinski definition) is 7. The molecule has 0 unspecified atom stereocenters. The van der Waals surface area contributed by atoms with Gasteiger partial charge in [-0.2, -0.15) is 10.2 Å². The molecule has 0 bridgehead atoms. The fourth-order valence-electron chi connectivity index (χ4n) is 3.83. The number of likely N-dealkylation sites (N-methyl/N-ethyl adjacent to an activating group) is 1. The molecular formula is C26H24N4O4. The molecule has 1 heterocycles. The molecule has 0 amide bonds. The number of fused-ring (bicyclic) bond motifs is 1. The van der Waals surface area contributed by atoms with E-state index in [9.17, 15) is 10.1 Å². The summed E-state index contributed by atoms with van der Waals surface area (Å²) in [5.74, 6) is 0.371. The fraction of sp³-hybridized carbons (Fsp3) is 0.231. The Morgan fingerprint density at radius 1 is 1.18 bits per heavy atom. The average Bonchev–Trinajstić information content (AvgIpc) is 3.28. The maximum Gasteiger partial charge on any atom is 0.317 e. The number of nitriles is 1. The van der Waals surface area contributed by atoms with E-state index in [-0.39, 0.29) is 12.6 Å². The third-order valence-electron chi connectivity index (χ3n) is 5.24. The largest absolute Gasteiger partial charge is 0.490 e. The Labute approximate surface area is 197 Å². The third kappa shape index (κ3) is 4.90. The van der Waals surface area contributed by atoms with Crippen molar-refractivity contribution in [3.8, 4) is 34.7 Å². The zero-order chi connectivity index (χ0) is 24.2. The SMILES string of the molecule is CC(C)Oc1ccc(-c2nc(-c3ccc(CN(C)CC(=O)O)c4ccccc34)no2)cc1C#N. The highest BCUT2D eigenvalue weighted by molar-refractivity contribution is 5.97. The van der Waals surface area contributed by atoms with Gasteiger partial charge in [-0.3, -0.25) is 9.69 Å². The molecule has 0 atom stereocenters. The molecule has 1 N–H and O–H groups in total. The Bertz CT molecular complexity index is 1390. The Kier molecular flexibility index (Phi) is 6.57. The van der Waals surface area contributed by atoms with Gasteiger partial charge in [0.15, 0.2) is 0 Å². The highest BCUT2D eigenvalue weighted by Gasteiger charge is 2.17. The van der Waals surface area contributed by atoms with E-state index in [1.807, 2.05) is 50.2 Å². The molecule has 0 aliphatic carbocycles. The van der Waals surface area contributed by atoms with Gasteiger partial charge in [0.1, 0.15) is 11.8 Å². The van der Waals surface area contributed by atoms with Crippen molar-refractivity contribution in [1.29, 1.82) is 5.26 Å². The number of aliphatic carboxylic acids is 1. The summed E-state index contributed by atoms with van der Waals surface area (Å²) in [6, 6.07) is 19.1. The molecule has 0 saturated carbocycles. The van der Waals surface area contributed by atoms with E-state index in [4.69, 9.17) is 14.4 Å². The number of hydrogen-bond donors (Lipinski definition) is 1. The Balaban J connectivity index is 1.68. The zero-order valence-electron chi connectivity index (χ0n) is 19.1. The van der Waals surface area contributed by atoms with Gasteiger partial charge in [0, 0.05) is 17.7 Å². The van der Waals surface area contributed by atoms with Gasteiger partial charge in [-0.25, -0.2) is 0 Å². The maximum atomic E-state index is 11.0. The van der Waals surface area contributed by atoms with E-state index in [2.05, 4.69) is 16.2 Å². The fourth-order valence-corrected chi connectivity index (χ4v) is 3.83. The van der Waals surface area contributed by atoms with Crippen molar-refractivity contribution < 1.29 is 19.2 Å². The summed E-state index contributed by atoms with van der Waals surface area (Å²) in [5, 5.41) is 24.7. The summed E-state index contributed by atoms with van der Waals surface area (Å²) in [4.78, 5) is 17.4. The molecule has 0 aliphatic rings.